The van der Waals surface area contributed by atoms with Gasteiger partial charge in [0.25, 0.3) is 5.91 Å². The van der Waals surface area contributed by atoms with E-state index in [-0.39, 0.29) is 17.4 Å². The number of ether oxygens (including phenoxy) is 1. The second-order valence-corrected chi connectivity index (χ2v) is 9.33. The fourth-order valence-corrected chi connectivity index (χ4v) is 5.14. The lowest BCUT2D eigenvalue weighted by molar-refractivity contribution is -0.136. The molecule has 0 aliphatic carbocycles. The summed E-state index contributed by atoms with van der Waals surface area (Å²) in [6.45, 7) is 3.62. The molecule has 1 aromatic heterocycles. The van der Waals surface area contributed by atoms with Gasteiger partial charge in [-0.2, -0.15) is 0 Å². The molecule has 4 heterocycles. The van der Waals surface area contributed by atoms with Crippen molar-refractivity contribution in [2.75, 3.05) is 25.0 Å². The Bertz CT molecular complexity index is 1030. The van der Waals surface area contributed by atoms with Crippen LogP contribution in [0.1, 0.15) is 47.6 Å². The number of nitrogens with one attached hydrogen (secondary N) is 2. The van der Waals surface area contributed by atoms with E-state index < -0.39 is 5.66 Å². The van der Waals surface area contributed by atoms with Crippen LogP contribution in [0.15, 0.2) is 34.7 Å². The van der Waals surface area contributed by atoms with Crippen LogP contribution in [0.5, 0.6) is 0 Å². The van der Waals surface area contributed by atoms with E-state index >= 15 is 0 Å². The van der Waals surface area contributed by atoms with E-state index in [1.807, 2.05) is 30.0 Å². The monoisotopic (exact) mass is 443 g/mol. The zero-order valence-electron chi connectivity index (χ0n) is 17.5. The number of rotatable bonds is 3. The minimum Gasteiger partial charge on any atom is -0.466 e. The summed E-state index contributed by atoms with van der Waals surface area (Å²) in [6.07, 6.45) is 3.24. The van der Waals surface area contributed by atoms with Gasteiger partial charge in [0.05, 0.1) is 17.8 Å². The van der Waals surface area contributed by atoms with E-state index in [0.29, 0.717) is 49.5 Å². The second kappa shape index (κ2) is 7.57. The Morgan fingerprint density at radius 1 is 1.19 bits per heavy atom. The third-order valence-corrected chi connectivity index (χ3v) is 6.85. The van der Waals surface area contributed by atoms with Crippen molar-refractivity contribution in [2.45, 2.75) is 50.3 Å². The highest BCUT2D eigenvalue weighted by Gasteiger charge is 2.53. The number of piperidine rings is 1. The summed E-state index contributed by atoms with van der Waals surface area (Å²) in [6, 6.07) is 9.14. The van der Waals surface area contributed by atoms with Crippen molar-refractivity contribution in [3.63, 3.8) is 0 Å². The molecule has 3 aliphatic heterocycles. The molecule has 0 radical (unpaired) electrons. The molecule has 0 saturated carbocycles. The molecule has 1 aromatic carbocycles. The first-order valence-corrected chi connectivity index (χ1v) is 11.1. The number of anilines is 1. The molecular formula is C23H26ClN3O4. The lowest BCUT2D eigenvalue weighted by Crippen LogP contribution is -2.59. The largest absolute Gasteiger partial charge is 0.466 e. The van der Waals surface area contributed by atoms with Gasteiger partial charge in [-0.05, 0) is 50.1 Å². The molecule has 164 valence electrons. The van der Waals surface area contributed by atoms with Crippen molar-refractivity contribution < 1.29 is 18.7 Å². The second-order valence-electron chi connectivity index (χ2n) is 8.89. The van der Waals surface area contributed by atoms with E-state index in [4.69, 9.17) is 20.8 Å². The van der Waals surface area contributed by atoms with Crippen LogP contribution in [-0.4, -0.2) is 47.7 Å². The van der Waals surface area contributed by atoms with Crippen molar-refractivity contribution >= 4 is 29.1 Å². The predicted molar refractivity (Wildman–Crippen MR) is 116 cm³/mol. The van der Waals surface area contributed by atoms with Gasteiger partial charge in [0.2, 0.25) is 5.91 Å². The number of furan rings is 1. The summed E-state index contributed by atoms with van der Waals surface area (Å²) in [5.41, 5.74) is 0.362. The standard InChI is InChI=1S/C23H26ClN3O4/c1-15-2-4-17(31-15)5-7-20(28)27-10-8-22(9-11-27)13-23(14-30-22)25-19-6-3-16(24)12-18(19)21(29)26-23/h2-4,6,12,25H,5,7-11,13-14H2,1H3,(H,26,29). The number of carbonyl (C=O) groups excluding carboxylic acids is 2. The van der Waals surface area contributed by atoms with Crippen molar-refractivity contribution in [2.24, 2.45) is 0 Å². The smallest absolute Gasteiger partial charge is 0.255 e. The van der Waals surface area contributed by atoms with Crippen LogP contribution in [-0.2, 0) is 16.0 Å². The number of halogens is 1. The molecular weight excluding hydrogens is 418 g/mol. The summed E-state index contributed by atoms with van der Waals surface area (Å²) in [4.78, 5) is 27.2. The zero-order chi connectivity index (χ0) is 21.6. The molecule has 1 atom stereocenters. The number of amides is 2. The molecule has 2 saturated heterocycles. The highest BCUT2D eigenvalue weighted by atomic mass is 35.5. The Morgan fingerprint density at radius 3 is 2.74 bits per heavy atom. The molecule has 5 rings (SSSR count). The highest BCUT2D eigenvalue weighted by molar-refractivity contribution is 6.31. The molecule has 7 nitrogen and oxygen atoms in total. The van der Waals surface area contributed by atoms with Gasteiger partial charge in [0.1, 0.15) is 17.2 Å². The fourth-order valence-electron chi connectivity index (χ4n) is 4.97. The number of aryl methyl sites for hydroxylation is 2. The van der Waals surface area contributed by atoms with Crippen LogP contribution >= 0.6 is 11.6 Å². The summed E-state index contributed by atoms with van der Waals surface area (Å²) in [7, 11) is 0. The van der Waals surface area contributed by atoms with Crippen LogP contribution in [0.25, 0.3) is 0 Å². The van der Waals surface area contributed by atoms with E-state index in [1.54, 1.807) is 12.1 Å². The van der Waals surface area contributed by atoms with Gasteiger partial charge in [-0.15, -0.1) is 0 Å². The summed E-state index contributed by atoms with van der Waals surface area (Å²) < 4.78 is 11.8. The Balaban J connectivity index is 1.19. The Hall–Kier alpha value is -2.51. The molecule has 2 fully saturated rings. The van der Waals surface area contributed by atoms with Gasteiger partial charge in [-0.25, -0.2) is 0 Å². The highest BCUT2D eigenvalue weighted by Crippen LogP contribution is 2.43. The first kappa shape index (κ1) is 20.4. The minimum absolute atomic E-state index is 0.141. The topological polar surface area (TPSA) is 83.8 Å². The van der Waals surface area contributed by atoms with Gasteiger partial charge in [-0.3, -0.25) is 9.59 Å². The maximum absolute atomic E-state index is 12.7. The Kier molecular flexibility index (Phi) is 4.98. The summed E-state index contributed by atoms with van der Waals surface area (Å²) >= 11 is 6.04. The van der Waals surface area contributed by atoms with Gasteiger partial charge < -0.3 is 24.7 Å². The van der Waals surface area contributed by atoms with Gasteiger partial charge in [0.15, 0.2) is 0 Å². The number of likely N-dealkylation sites (tertiary alicyclic amines) is 1. The maximum atomic E-state index is 12.7. The summed E-state index contributed by atoms with van der Waals surface area (Å²) in [5.74, 6) is 1.72. The molecule has 2 spiro atoms. The van der Waals surface area contributed by atoms with Crippen molar-refractivity contribution in [3.05, 3.63) is 52.4 Å². The third kappa shape index (κ3) is 3.92. The fraction of sp³-hybridized carbons (Fsp3) is 0.478. The van der Waals surface area contributed by atoms with E-state index in [1.165, 1.54) is 0 Å². The van der Waals surface area contributed by atoms with Crippen LogP contribution in [0.3, 0.4) is 0 Å². The van der Waals surface area contributed by atoms with Gasteiger partial charge in [0, 0.05) is 43.1 Å². The van der Waals surface area contributed by atoms with Crippen molar-refractivity contribution in [1.29, 1.82) is 0 Å². The molecule has 3 aliphatic rings. The van der Waals surface area contributed by atoms with Crippen LogP contribution < -0.4 is 10.6 Å². The Morgan fingerprint density at radius 2 is 2.00 bits per heavy atom. The molecule has 2 N–H and O–H groups in total. The van der Waals surface area contributed by atoms with Crippen LogP contribution in [0.2, 0.25) is 5.02 Å². The van der Waals surface area contributed by atoms with Gasteiger partial charge >= 0.3 is 0 Å². The average Bonchev–Trinajstić information content (AvgIpc) is 3.31. The number of hydrogen-bond donors (Lipinski definition) is 2. The number of nitrogens with zero attached hydrogens (tertiary/aromatic N) is 1. The molecule has 2 aromatic rings. The lowest BCUT2D eigenvalue weighted by atomic mass is 9.84. The zero-order valence-corrected chi connectivity index (χ0v) is 18.3. The molecule has 0 bridgehead atoms. The first-order chi connectivity index (χ1) is 14.9. The van der Waals surface area contributed by atoms with E-state index in [0.717, 1.165) is 30.0 Å². The summed E-state index contributed by atoms with van der Waals surface area (Å²) in [5, 5.41) is 7.10. The van der Waals surface area contributed by atoms with Crippen molar-refractivity contribution in [1.82, 2.24) is 10.2 Å². The average molecular weight is 444 g/mol. The van der Waals surface area contributed by atoms with Crippen molar-refractivity contribution in [3.8, 4) is 0 Å². The number of benzene rings is 1. The third-order valence-electron chi connectivity index (χ3n) is 6.61. The minimum atomic E-state index is -0.624. The Labute approximate surface area is 186 Å². The molecule has 2 amide bonds. The van der Waals surface area contributed by atoms with Crippen LogP contribution in [0, 0.1) is 6.92 Å². The number of fused-ring (bicyclic) bond motifs is 1. The normalized spacial score (nSPS) is 24.2. The number of hydrogen-bond acceptors (Lipinski definition) is 5. The van der Waals surface area contributed by atoms with Gasteiger partial charge in [-0.1, -0.05) is 11.6 Å². The SMILES string of the molecule is Cc1ccc(CCC(=O)N2CCC3(CC2)CC2(CO3)NC(=O)c3cc(Cl)ccc3N2)o1. The van der Waals surface area contributed by atoms with E-state index in [9.17, 15) is 9.59 Å². The molecule has 31 heavy (non-hydrogen) atoms. The predicted octanol–water partition coefficient (Wildman–Crippen LogP) is 3.51. The first-order valence-electron chi connectivity index (χ1n) is 10.7. The lowest BCUT2D eigenvalue weighted by Gasteiger charge is -2.41. The van der Waals surface area contributed by atoms with Crippen LogP contribution in [0.4, 0.5) is 5.69 Å². The maximum Gasteiger partial charge on any atom is 0.255 e. The molecule has 8 heteroatoms. The van der Waals surface area contributed by atoms with E-state index in [2.05, 4.69) is 10.6 Å². The molecule has 1 unspecified atom stereocenters. The quantitative estimate of drug-likeness (QED) is 0.758. The number of carbonyl (C=O) groups is 2.